The number of halogens is 1. The largest absolute Gasteiger partial charge is 0.480 e. The van der Waals surface area contributed by atoms with Crippen LogP contribution >= 0.6 is 0 Å². The van der Waals surface area contributed by atoms with Crippen LogP contribution in [0.15, 0.2) is 30.7 Å². The number of aromatic amines is 1. The molecule has 0 amide bonds. The van der Waals surface area contributed by atoms with Crippen molar-refractivity contribution in [2.24, 2.45) is 0 Å². The summed E-state index contributed by atoms with van der Waals surface area (Å²) >= 11 is 0. The molecule has 0 unspecified atom stereocenters. The highest BCUT2D eigenvalue weighted by Crippen LogP contribution is 2.26. The molecule has 4 heterocycles. The third kappa shape index (κ3) is 3.78. The number of fused-ring (bicyclic) bond motifs is 1. The highest BCUT2D eigenvalue weighted by Gasteiger charge is 2.25. The number of aliphatic carboxylic acids is 1. The number of hydrogen-bond donors (Lipinski definition) is 3. The van der Waals surface area contributed by atoms with Crippen molar-refractivity contribution in [2.45, 2.75) is 18.9 Å². The Morgan fingerprint density at radius 3 is 3.00 bits per heavy atom. The van der Waals surface area contributed by atoms with E-state index in [-0.39, 0.29) is 18.4 Å². The zero-order valence-electron chi connectivity index (χ0n) is 14.9. The van der Waals surface area contributed by atoms with Crippen molar-refractivity contribution in [3.63, 3.8) is 0 Å². The second-order valence-corrected chi connectivity index (χ2v) is 6.47. The lowest BCUT2D eigenvalue weighted by atomic mass is 10.1. The molecule has 28 heavy (non-hydrogen) atoms. The van der Waals surface area contributed by atoms with Crippen molar-refractivity contribution in [1.29, 1.82) is 0 Å². The van der Waals surface area contributed by atoms with E-state index in [2.05, 4.69) is 25.4 Å². The number of aromatic nitrogens is 4. The highest BCUT2D eigenvalue weighted by molar-refractivity contribution is 5.91. The Morgan fingerprint density at radius 2 is 2.21 bits per heavy atom. The second kappa shape index (κ2) is 7.87. The molecule has 10 heteroatoms. The van der Waals surface area contributed by atoms with Crippen molar-refractivity contribution < 1.29 is 19.0 Å². The molecule has 146 valence electrons. The van der Waals surface area contributed by atoms with Gasteiger partial charge in [0, 0.05) is 42.6 Å². The molecule has 9 nitrogen and oxygen atoms in total. The Bertz CT molecular complexity index is 988. The van der Waals surface area contributed by atoms with E-state index < -0.39 is 11.8 Å². The fraction of sp³-hybridized carbons (Fsp3) is 0.333. The van der Waals surface area contributed by atoms with E-state index in [1.54, 1.807) is 18.5 Å². The van der Waals surface area contributed by atoms with Crippen molar-refractivity contribution in [2.75, 3.05) is 25.2 Å². The lowest BCUT2D eigenvalue weighted by molar-refractivity contribution is -0.139. The lowest BCUT2D eigenvalue weighted by Gasteiger charge is -2.33. The van der Waals surface area contributed by atoms with Crippen LogP contribution in [0.4, 0.5) is 10.2 Å². The van der Waals surface area contributed by atoms with Crippen LogP contribution in [0.3, 0.4) is 0 Å². The molecule has 3 aromatic rings. The first kappa shape index (κ1) is 18.3. The molecule has 1 fully saturated rings. The average Bonchev–Trinajstić information content (AvgIpc) is 3.13. The molecule has 0 aliphatic carbocycles. The Hall–Kier alpha value is -3.11. The number of hydrogen-bond acceptors (Lipinski definition) is 7. The molecule has 4 rings (SSSR count). The maximum atomic E-state index is 14.4. The molecule has 0 atom stereocenters. The van der Waals surface area contributed by atoms with E-state index in [4.69, 9.17) is 4.74 Å². The summed E-state index contributed by atoms with van der Waals surface area (Å²) in [5.41, 5.74) is 4.20. The fourth-order valence-electron chi connectivity index (χ4n) is 3.25. The van der Waals surface area contributed by atoms with Gasteiger partial charge in [0.1, 0.15) is 12.2 Å². The third-order valence-corrected chi connectivity index (χ3v) is 4.62. The van der Waals surface area contributed by atoms with Crippen molar-refractivity contribution >= 4 is 22.8 Å². The predicted octanol–water partition coefficient (Wildman–Crippen LogP) is 2.05. The molecule has 0 saturated carbocycles. The van der Waals surface area contributed by atoms with Crippen LogP contribution in [0.2, 0.25) is 0 Å². The minimum Gasteiger partial charge on any atom is -0.480 e. The summed E-state index contributed by atoms with van der Waals surface area (Å²) in [7, 11) is 0. The summed E-state index contributed by atoms with van der Waals surface area (Å²) in [6.45, 7) is 0.769. The van der Waals surface area contributed by atoms with Gasteiger partial charge in [-0.15, -0.1) is 0 Å². The van der Waals surface area contributed by atoms with Crippen molar-refractivity contribution in [1.82, 2.24) is 24.9 Å². The second-order valence-electron chi connectivity index (χ2n) is 6.47. The number of carboxylic acid groups (broad SMARTS) is 1. The fourth-order valence-corrected chi connectivity index (χ4v) is 3.25. The Morgan fingerprint density at radius 1 is 1.39 bits per heavy atom. The van der Waals surface area contributed by atoms with E-state index >= 15 is 0 Å². The average molecular weight is 386 g/mol. The van der Waals surface area contributed by atoms with Gasteiger partial charge in [0.25, 0.3) is 0 Å². The van der Waals surface area contributed by atoms with Gasteiger partial charge >= 0.3 is 5.97 Å². The minimum atomic E-state index is -1.02. The van der Waals surface area contributed by atoms with Gasteiger partial charge in [0.15, 0.2) is 17.5 Å². The van der Waals surface area contributed by atoms with Gasteiger partial charge in [-0.3, -0.25) is 10.2 Å². The van der Waals surface area contributed by atoms with Crippen LogP contribution in [0, 0.1) is 5.82 Å². The van der Waals surface area contributed by atoms with Crippen LogP contribution < -0.4 is 5.43 Å². The first-order chi connectivity index (χ1) is 13.6. The minimum absolute atomic E-state index is 0.0732. The Kier molecular flexibility index (Phi) is 5.13. The molecular formula is C18H19FN6O3. The van der Waals surface area contributed by atoms with Crippen LogP contribution in [0.5, 0.6) is 0 Å². The van der Waals surface area contributed by atoms with Crippen molar-refractivity contribution in [3.05, 3.63) is 36.5 Å². The smallest absolute Gasteiger partial charge is 0.319 e. The molecule has 0 spiro atoms. The summed E-state index contributed by atoms with van der Waals surface area (Å²) in [6, 6.07) is 3.56. The number of ether oxygens (including phenoxy) is 1. The summed E-state index contributed by atoms with van der Waals surface area (Å²) in [5, 5.41) is 11.5. The zero-order valence-corrected chi connectivity index (χ0v) is 14.9. The number of nitrogens with one attached hydrogen (secondary N) is 2. The van der Waals surface area contributed by atoms with Crippen LogP contribution in [0.1, 0.15) is 12.8 Å². The number of H-pyrrole nitrogens is 1. The van der Waals surface area contributed by atoms with Crippen LogP contribution in [-0.2, 0) is 9.53 Å². The molecule has 0 bridgehead atoms. The number of hydrazine groups is 1. The number of nitrogens with zero attached hydrogens (tertiary/aromatic N) is 4. The van der Waals surface area contributed by atoms with Crippen LogP contribution in [-0.4, -0.2) is 61.8 Å². The summed E-state index contributed by atoms with van der Waals surface area (Å²) < 4.78 is 19.7. The maximum Gasteiger partial charge on any atom is 0.319 e. The molecule has 3 N–H and O–H groups in total. The van der Waals surface area contributed by atoms with Gasteiger partial charge in [-0.05, 0) is 25.0 Å². The number of anilines is 1. The number of rotatable bonds is 6. The van der Waals surface area contributed by atoms with Crippen LogP contribution in [0.25, 0.3) is 22.4 Å². The first-order valence-electron chi connectivity index (χ1n) is 8.89. The SMILES string of the molecule is O=C(O)CN(Nc1nc(-c2c[nH]c3ncccc23)ncc1F)C1CCOCC1. The molecule has 0 aromatic carbocycles. The molecule has 1 aliphatic heterocycles. The molecule has 0 radical (unpaired) electrons. The lowest BCUT2D eigenvalue weighted by Crippen LogP contribution is -2.46. The van der Waals surface area contributed by atoms with Crippen molar-refractivity contribution in [3.8, 4) is 11.4 Å². The molecule has 1 aliphatic rings. The summed E-state index contributed by atoms with van der Waals surface area (Å²) in [4.78, 5) is 26.9. The first-order valence-corrected chi connectivity index (χ1v) is 8.89. The van der Waals surface area contributed by atoms with Gasteiger partial charge in [0.2, 0.25) is 0 Å². The Balaban J connectivity index is 1.65. The predicted molar refractivity (Wildman–Crippen MR) is 98.9 cm³/mol. The van der Waals surface area contributed by atoms with Gasteiger partial charge in [-0.1, -0.05) is 0 Å². The van der Waals surface area contributed by atoms with Gasteiger partial charge in [0.05, 0.1) is 6.20 Å². The van der Waals surface area contributed by atoms with E-state index in [0.717, 1.165) is 11.6 Å². The standard InChI is InChI=1S/C18H19FN6O3/c19-14-9-22-17(13-8-21-16-12(13)2-1-5-20-16)23-18(14)24-25(10-15(26)27)11-3-6-28-7-4-11/h1-2,5,8-9,11H,3-4,6-7,10H2,(H,20,21)(H,26,27)(H,22,23,24). The van der Waals surface area contributed by atoms with Gasteiger partial charge in [-0.2, -0.15) is 0 Å². The Labute approximate surface area is 159 Å². The van der Waals surface area contributed by atoms with Gasteiger partial charge in [-0.25, -0.2) is 24.4 Å². The summed E-state index contributed by atoms with van der Waals surface area (Å²) in [5.74, 6) is -1.44. The van der Waals surface area contributed by atoms with E-state index in [0.29, 0.717) is 43.1 Å². The quantitative estimate of drug-likeness (QED) is 0.551. The summed E-state index contributed by atoms with van der Waals surface area (Å²) in [6.07, 6.45) is 5.74. The highest BCUT2D eigenvalue weighted by atomic mass is 19.1. The number of pyridine rings is 1. The normalized spacial score (nSPS) is 15.2. The van der Waals surface area contributed by atoms with E-state index in [1.807, 2.05) is 6.07 Å². The van der Waals surface area contributed by atoms with Gasteiger partial charge < -0.3 is 14.8 Å². The van der Waals surface area contributed by atoms with E-state index in [1.165, 1.54) is 5.01 Å². The zero-order chi connectivity index (χ0) is 19.5. The molecule has 1 saturated heterocycles. The molecular weight excluding hydrogens is 367 g/mol. The maximum absolute atomic E-state index is 14.4. The topological polar surface area (TPSA) is 116 Å². The van der Waals surface area contributed by atoms with E-state index in [9.17, 15) is 14.3 Å². The number of carboxylic acids is 1. The third-order valence-electron chi connectivity index (χ3n) is 4.62. The molecule has 3 aromatic heterocycles. The number of carbonyl (C=O) groups is 1. The monoisotopic (exact) mass is 386 g/mol.